The van der Waals surface area contributed by atoms with E-state index in [1.807, 2.05) is 25.3 Å². The number of aromatic nitrogens is 3. The fourth-order valence-corrected chi connectivity index (χ4v) is 3.25. The smallest absolute Gasteiger partial charge is 0.382 e. The first-order chi connectivity index (χ1) is 13.7. The summed E-state index contributed by atoms with van der Waals surface area (Å²) in [6, 6.07) is 11.4. The largest absolute Gasteiger partial charge is 2.00 e. The van der Waals surface area contributed by atoms with Crippen LogP contribution < -0.4 is 0 Å². The van der Waals surface area contributed by atoms with Gasteiger partial charge >= 0.3 is 31.1 Å². The maximum Gasteiger partial charge on any atom is 2.00 e. The molecule has 0 spiro atoms. The molecule has 0 aliphatic carbocycles. The van der Waals surface area contributed by atoms with Crippen LogP contribution in [0.5, 0.6) is 0 Å². The second-order valence-corrected chi connectivity index (χ2v) is 7.05. The molecule has 1 aliphatic heterocycles. The predicted octanol–water partition coefficient (Wildman–Crippen LogP) is 4.69. The maximum atomic E-state index is 11.6. The normalized spacial score (nSPS) is 12.0. The Hall–Kier alpha value is -2.10. The topological polar surface area (TPSA) is 83.4 Å². The Morgan fingerprint density at radius 2 is 1.97 bits per heavy atom. The number of nitrogens with one attached hydrogen (secondary N) is 1. The molecule has 0 unspecified atom stereocenters. The SMILES string of the molecule is Cc1ccc2cc(-c3cnc(CCCCCCC(=O)C4=NC=N4)[nH]3)[c-]cc2n1.[CH3-].[U+2]. The van der Waals surface area contributed by atoms with E-state index in [9.17, 15) is 4.79 Å². The molecule has 0 fully saturated rings. The number of carbonyl (C=O) groups excluding carboxylic acids is 1. The van der Waals surface area contributed by atoms with Crippen molar-refractivity contribution in [3.05, 3.63) is 55.5 Å². The van der Waals surface area contributed by atoms with E-state index in [-0.39, 0.29) is 44.3 Å². The van der Waals surface area contributed by atoms with Gasteiger partial charge in [-0.3, -0.25) is 9.78 Å². The van der Waals surface area contributed by atoms with Gasteiger partial charge in [0.1, 0.15) is 6.34 Å². The van der Waals surface area contributed by atoms with Crippen molar-refractivity contribution in [2.24, 2.45) is 9.98 Å². The maximum absolute atomic E-state index is 11.6. The number of H-pyrrole nitrogens is 1. The van der Waals surface area contributed by atoms with E-state index in [0.717, 1.165) is 65.8 Å². The first-order valence-corrected chi connectivity index (χ1v) is 9.66. The summed E-state index contributed by atoms with van der Waals surface area (Å²) in [5.74, 6) is 1.41. The molecule has 3 aromatic rings. The number of amidine groups is 1. The molecule has 0 saturated carbocycles. The molecule has 152 valence electrons. The molecule has 4 rings (SSSR count). The van der Waals surface area contributed by atoms with Gasteiger partial charge in [-0.2, -0.15) is 0 Å². The molecule has 7 heteroatoms. The van der Waals surface area contributed by atoms with Crippen molar-refractivity contribution >= 4 is 28.9 Å². The van der Waals surface area contributed by atoms with Gasteiger partial charge in [0.15, 0.2) is 11.6 Å². The molecule has 3 heterocycles. The summed E-state index contributed by atoms with van der Waals surface area (Å²) >= 11 is 0. The third-order valence-corrected chi connectivity index (χ3v) is 4.86. The van der Waals surface area contributed by atoms with E-state index in [2.05, 4.69) is 43.1 Å². The summed E-state index contributed by atoms with van der Waals surface area (Å²) in [6.07, 6.45) is 8.76. The zero-order valence-electron chi connectivity index (χ0n) is 17.4. The number of imidazole rings is 1. The summed E-state index contributed by atoms with van der Waals surface area (Å²) < 4.78 is 0. The zero-order valence-corrected chi connectivity index (χ0v) is 21.6. The minimum atomic E-state index is 0. The van der Waals surface area contributed by atoms with Crippen LogP contribution in [0.3, 0.4) is 0 Å². The molecule has 6 nitrogen and oxygen atoms in total. The number of benzene rings is 1. The number of ketones is 1. The van der Waals surface area contributed by atoms with E-state index >= 15 is 0 Å². The Kier molecular flexibility index (Phi) is 9.13. The fraction of sp³-hybridized carbons (Fsp3) is 0.304. The summed E-state index contributed by atoms with van der Waals surface area (Å²) in [4.78, 5) is 31.7. The van der Waals surface area contributed by atoms with Crippen LogP contribution >= 0.6 is 0 Å². The number of aryl methyl sites for hydroxylation is 2. The average molecular weight is 626 g/mol. The van der Waals surface area contributed by atoms with Crippen molar-refractivity contribution in [1.29, 1.82) is 0 Å². The zero-order chi connectivity index (χ0) is 19.3. The Morgan fingerprint density at radius 3 is 2.73 bits per heavy atom. The van der Waals surface area contributed by atoms with Gasteiger partial charge in [-0.1, -0.05) is 24.3 Å². The van der Waals surface area contributed by atoms with Crippen LogP contribution in [0, 0.1) is 51.5 Å². The second kappa shape index (κ2) is 11.3. The van der Waals surface area contributed by atoms with Crippen LogP contribution in [-0.2, 0) is 11.2 Å². The van der Waals surface area contributed by atoms with E-state index in [1.165, 1.54) is 6.34 Å². The Morgan fingerprint density at radius 1 is 1.17 bits per heavy atom. The van der Waals surface area contributed by atoms with Gasteiger partial charge in [0, 0.05) is 24.7 Å². The van der Waals surface area contributed by atoms with Gasteiger partial charge in [0.05, 0.1) is 5.82 Å². The Bertz CT molecular complexity index is 1070. The molecule has 1 N–H and O–H groups in total. The molecule has 1 aromatic carbocycles. The number of pyridine rings is 1. The average Bonchev–Trinajstić information content (AvgIpc) is 3.11. The number of carbonyl (C=O) groups is 1. The molecule has 2 aromatic heterocycles. The first kappa shape index (κ1) is 24.2. The third-order valence-electron chi connectivity index (χ3n) is 4.86. The van der Waals surface area contributed by atoms with Gasteiger partial charge < -0.3 is 17.4 Å². The molecule has 30 heavy (non-hydrogen) atoms. The summed E-state index contributed by atoms with van der Waals surface area (Å²) in [6.45, 7) is 1.99. The van der Waals surface area contributed by atoms with Gasteiger partial charge in [-0.25, -0.2) is 9.98 Å². The number of fused-ring (bicyclic) bond motifs is 1. The molecular weight excluding hydrogens is 600 g/mol. The van der Waals surface area contributed by atoms with Crippen molar-refractivity contribution < 1.29 is 35.9 Å². The number of Topliss-reactive ketones (excluding diaryl/α,β-unsaturated/α-hetero) is 1. The molecule has 0 radical (unpaired) electrons. The minimum Gasteiger partial charge on any atom is -0.382 e. The molecule has 1 aliphatic rings. The summed E-state index contributed by atoms with van der Waals surface area (Å²) in [5.41, 5.74) is 3.94. The van der Waals surface area contributed by atoms with E-state index in [1.54, 1.807) is 0 Å². The van der Waals surface area contributed by atoms with Gasteiger partial charge in [0.2, 0.25) is 0 Å². The quantitative estimate of drug-likeness (QED) is 0.277. The van der Waals surface area contributed by atoms with E-state index < -0.39 is 0 Å². The van der Waals surface area contributed by atoms with Crippen LogP contribution in [-0.4, -0.2) is 32.9 Å². The van der Waals surface area contributed by atoms with Gasteiger partial charge in [-0.15, -0.1) is 23.8 Å². The standard InChI is InChI=1S/C22H22N5O.CH3.U/c1-15-8-9-16-12-17(10-11-18(16)26-15)19-13-23-21(27-19)7-5-3-2-4-6-20(28)22-24-14-25-22;;/h8-9,11-14H,2-7H2,1H3,(H,23,27);1H3;/q2*-1;+2. The van der Waals surface area contributed by atoms with Crippen molar-refractivity contribution in [2.45, 2.75) is 45.4 Å². The number of unbranched alkanes of at least 4 members (excludes halogenated alkanes) is 3. The van der Waals surface area contributed by atoms with Crippen molar-refractivity contribution in [3.8, 4) is 11.3 Å². The number of aliphatic imine (C=N–C) groups is 2. The van der Waals surface area contributed by atoms with Crippen molar-refractivity contribution in [3.63, 3.8) is 0 Å². The molecule has 0 saturated heterocycles. The number of rotatable bonds is 9. The van der Waals surface area contributed by atoms with Crippen molar-refractivity contribution in [1.82, 2.24) is 15.0 Å². The number of nitrogens with zero attached hydrogens (tertiary/aromatic N) is 4. The molecule has 0 atom stereocenters. The van der Waals surface area contributed by atoms with Crippen LogP contribution in [0.25, 0.3) is 22.2 Å². The molecule has 0 bridgehead atoms. The summed E-state index contributed by atoms with van der Waals surface area (Å²) in [7, 11) is 0. The molecular formula is C23H25N5OU. The number of aromatic amines is 1. The monoisotopic (exact) mass is 625 g/mol. The first-order valence-electron chi connectivity index (χ1n) is 9.66. The van der Waals surface area contributed by atoms with Crippen LogP contribution in [0.1, 0.15) is 43.6 Å². The number of hydrogen-bond acceptors (Lipinski definition) is 5. The third kappa shape index (κ3) is 5.96. The van der Waals surface area contributed by atoms with Crippen LogP contribution in [0.15, 0.2) is 40.4 Å². The molecule has 0 amide bonds. The Balaban J connectivity index is 0.00000160. The van der Waals surface area contributed by atoms with Crippen LogP contribution in [0.4, 0.5) is 0 Å². The van der Waals surface area contributed by atoms with Gasteiger partial charge in [0.25, 0.3) is 0 Å². The van der Waals surface area contributed by atoms with Crippen molar-refractivity contribution in [2.75, 3.05) is 0 Å². The summed E-state index contributed by atoms with van der Waals surface area (Å²) in [5, 5.41) is 1.10. The van der Waals surface area contributed by atoms with E-state index in [4.69, 9.17) is 0 Å². The van der Waals surface area contributed by atoms with Gasteiger partial charge in [-0.05, 0) is 37.0 Å². The second-order valence-electron chi connectivity index (χ2n) is 7.05. The Labute approximate surface area is 201 Å². The fourth-order valence-electron chi connectivity index (χ4n) is 3.25. The predicted molar refractivity (Wildman–Crippen MR) is 117 cm³/mol. The number of hydrogen-bond donors (Lipinski definition) is 1. The van der Waals surface area contributed by atoms with Crippen LogP contribution in [0.2, 0.25) is 0 Å². The minimum absolute atomic E-state index is 0. The van der Waals surface area contributed by atoms with E-state index in [0.29, 0.717) is 12.3 Å².